The lowest BCUT2D eigenvalue weighted by molar-refractivity contribution is -0.125. The van der Waals surface area contributed by atoms with Crippen molar-refractivity contribution < 1.29 is 9.21 Å². The fourth-order valence-corrected chi connectivity index (χ4v) is 5.42. The Kier molecular flexibility index (Phi) is 5.60. The maximum Gasteiger partial charge on any atom is 0.273 e. The summed E-state index contributed by atoms with van der Waals surface area (Å²) in [5.41, 5.74) is 1.91. The Morgan fingerprint density at radius 1 is 1.14 bits per heavy atom. The zero-order valence-corrected chi connectivity index (χ0v) is 20.3. The van der Waals surface area contributed by atoms with E-state index >= 15 is 0 Å². The third-order valence-corrected chi connectivity index (χ3v) is 7.76. The highest BCUT2D eigenvalue weighted by atomic mass is 32.1. The average molecular weight is 491 g/mol. The second-order valence-electron chi connectivity index (χ2n) is 9.26. The van der Waals surface area contributed by atoms with Gasteiger partial charge in [-0.3, -0.25) is 14.2 Å². The Hall–Kier alpha value is -3.53. The summed E-state index contributed by atoms with van der Waals surface area (Å²) in [4.78, 5) is 41.4. The van der Waals surface area contributed by atoms with Gasteiger partial charge in [0.1, 0.15) is 22.5 Å². The third kappa shape index (κ3) is 4.45. The minimum atomic E-state index is -0.138. The van der Waals surface area contributed by atoms with E-state index in [0.29, 0.717) is 33.7 Å². The molecule has 3 aromatic heterocycles. The lowest BCUT2D eigenvalue weighted by Gasteiger charge is -2.30. The van der Waals surface area contributed by atoms with Crippen LogP contribution in [0.2, 0.25) is 0 Å². The molecular formula is C25H26N6O3S. The molecule has 6 rings (SSSR count). The van der Waals surface area contributed by atoms with Crippen LogP contribution in [0.4, 0.5) is 5.13 Å². The van der Waals surface area contributed by atoms with Crippen molar-refractivity contribution in [3.63, 3.8) is 0 Å². The van der Waals surface area contributed by atoms with Crippen LogP contribution >= 0.6 is 11.3 Å². The van der Waals surface area contributed by atoms with E-state index < -0.39 is 0 Å². The highest BCUT2D eigenvalue weighted by Crippen LogP contribution is 2.30. The summed E-state index contributed by atoms with van der Waals surface area (Å²) in [5.74, 6) is 1.45. The first-order chi connectivity index (χ1) is 17.0. The minimum absolute atomic E-state index is 0.0584. The molecule has 0 spiro atoms. The highest BCUT2D eigenvalue weighted by molar-refractivity contribution is 7.22. The van der Waals surface area contributed by atoms with Crippen molar-refractivity contribution >= 4 is 32.7 Å². The van der Waals surface area contributed by atoms with E-state index in [1.54, 1.807) is 4.57 Å². The second-order valence-corrected chi connectivity index (χ2v) is 10.2. The zero-order valence-electron chi connectivity index (χ0n) is 19.4. The van der Waals surface area contributed by atoms with E-state index in [4.69, 9.17) is 4.42 Å². The Morgan fingerprint density at radius 2 is 1.91 bits per heavy atom. The molecule has 180 valence electrons. The summed E-state index contributed by atoms with van der Waals surface area (Å²) in [5, 5.41) is 3.90. The van der Waals surface area contributed by atoms with Crippen LogP contribution < -0.4 is 15.8 Å². The molecule has 1 amide bonds. The number of benzene rings is 1. The number of aromatic nitrogens is 4. The normalized spacial score (nSPS) is 16.7. The smallest absolute Gasteiger partial charge is 0.273 e. The maximum atomic E-state index is 13.2. The number of oxazole rings is 1. The number of amides is 1. The van der Waals surface area contributed by atoms with Gasteiger partial charge in [-0.1, -0.05) is 29.5 Å². The van der Waals surface area contributed by atoms with E-state index in [1.807, 2.05) is 37.3 Å². The molecule has 0 atom stereocenters. The van der Waals surface area contributed by atoms with Gasteiger partial charge in [-0.15, -0.1) is 0 Å². The molecule has 4 aromatic rings. The molecule has 4 heterocycles. The summed E-state index contributed by atoms with van der Waals surface area (Å²) in [7, 11) is 0. The van der Waals surface area contributed by atoms with Gasteiger partial charge >= 0.3 is 0 Å². The molecule has 1 saturated heterocycles. The molecule has 1 saturated carbocycles. The minimum Gasteiger partial charge on any atom is -0.441 e. The van der Waals surface area contributed by atoms with Crippen molar-refractivity contribution in [3.05, 3.63) is 58.5 Å². The highest BCUT2D eigenvalue weighted by Gasteiger charge is 2.31. The SMILES string of the molecule is Cc1oc(-c2ccccc2)nc1Cn1cnc2nc(N3CCC(C(=O)NC4CC4)CC3)sc2c1=O. The monoisotopic (exact) mass is 490 g/mol. The predicted molar refractivity (Wildman–Crippen MR) is 134 cm³/mol. The second kappa shape index (κ2) is 8.92. The number of hydrogen-bond acceptors (Lipinski definition) is 8. The van der Waals surface area contributed by atoms with Crippen LogP contribution in [-0.2, 0) is 11.3 Å². The Balaban J connectivity index is 1.18. The van der Waals surface area contributed by atoms with Gasteiger partial charge in [-0.25, -0.2) is 9.97 Å². The van der Waals surface area contributed by atoms with Crippen molar-refractivity contribution in [1.82, 2.24) is 24.8 Å². The average Bonchev–Trinajstić information content (AvgIpc) is 3.46. The molecule has 10 heteroatoms. The molecule has 9 nitrogen and oxygen atoms in total. The Labute approximate surface area is 205 Å². The van der Waals surface area contributed by atoms with Crippen LogP contribution in [-0.4, -0.2) is 44.6 Å². The summed E-state index contributed by atoms with van der Waals surface area (Å²) >= 11 is 1.37. The number of nitrogens with zero attached hydrogens (tertiary/aromatic N) is 5. The van der Waals surface area contributed by atoms with Gasteiger partial charge in [0, 0.05) is 30.6 Å². The number of aryl methyl sites for hydroxylation is 1. The van der Waals surface area contributed by atoms with Gasteiger partial charge in [0.25, 0.3) is 5.56 Å². The lowest BCUT2D eigenvalue weighted by atomic mass is 9.96. The van der Waals surface area contributed by atoms with Crippen LogP contribution in [0.3, 0.4) is 0 Å². The molecular weight excluding hydrogens is 464 g/mol. The van der Waals surface area contributed by atoms with E-state index in [0.717, 1.165) is 49.5 Å². The van der Waals surface area contributed by atoms with Crippen molar-refractivity contribution in [2.24, 2.45) is 5.92 Å². The fraction of sp³-hybridized carbons (Fsp3) is 0.400. The topological polar surface area (TPSA) is 106 Å². The van der Waals surface area contributed by atoms with Crippen LogP contribution in [0.1, 0.15) is 37.1 Å². The zero-order chi connectivity index (χ0) is 23.9. The van der Waals surface area contributed by atoms with Crippen LogP contribution in [0.15, 0.2) is 45.9 Å². The number of carbonyl (C=O) groups excluding carboxylic acids is 1. The third-order valence-electron chi connectivity index (χ3n) is 6.67. The molecule has 1 aliphatic heterocycles. The van der Waals surface area contributed by atoms with E-state index in [-0.39, 0.29) is 23.9 Å². The maximum absolute atomic E-state index is 13.2. The van der Waals surface area contributed by atoms with E-state index in [1.165, 1.54) is 17.7 Å². The van der Waals surface area contributed by atoms with Crippen molar-refractivity contribution in [2.45, 2.75) is 45.2 Å². The van der Waals surface area contributed by atoms with Gasteiger partial charge in [0.05, 0.1) is 6.54 Å². The van der Waals surface area contributed by atoms with Gasteiger partial charge in [0.2, 0.25) is 11.8 Å². The van der Waals surface area contributed by atoms with E-state index in [2.05, 4.69) is 25.2 Å². The molecule has 1 aliphatic carbocycles. The predicted octanol–water partition coefficient (Wildman–Crippen LogP) is 3.36. The largest absolute Gasteiger partial charge is 0.441 e. The molecule has 0 unspecified atom stereocenters. The summed E-state index contributed by atoms with van der Waals surface area (Å²) < 4.78 is 7.92. The molecule has 2 fully saturated rings. The molecule has 1 N–H and O–H groups in total. The summed E-state index contributed by atoms with van der Waals surface area (Å²) in [6.07, 6.45) is 5.32. The number of anilines is 1. The number of piperidine rings is 1. The molecule has 35 heavy (non-hydrogen) atoms. The van der Waals surface area contributed by atoms with Gasteiger partial charge in [0.15, 0.2) is 10.8 Å². The Bertz CT molecular complexity index is 1430. The first kappa shape index (κ1) is 22.0. The van der Waals surface area contributed by atoms with E-state index in [9.17, 15) is 9.59 Å². The van der Waals surface area contributed by atoms with Gasteiger partial charge in [-0.2, -0.15) is 4.98 Å². The summed E-state index contributed by atoms with van der Waals surface area (Å²) in [6.45, 7) is 3.62. The standard InChI is InChI=1S/C25H26N6O3S/c1-15-19(28-23(34-15)17-5-3-2-4-6-17)13-31-14-26-21-20(24(31)33)35-25(29-21)30-11-9-16(10-12-30)22(32)27-18-7-8-18/h2-6,14,16,18H,7-13H2,1H3,(H,27,32). The molecule has 2 aliphatic rings. The molecule has 0 radical (unpaired) electrons. The van der Waals surface area contributed by atoms with Crippen molar-refractivity contribution in [3.8, 4) is 11.5 Å². The first-order valence-electron chi connectivity index (χ1n) is 12.0. The van der Waals surface area contributed by atoms with Crippen LogP contribution in [0.5, 0.6) is 0 Å². The number of hydrogen-bond donors (Lipinski definition) is 1. The van der Waals surface area contributed by atoms with Crippen molar-refractivity contribution in [2.75, 3.05) is 18.0 Å². The number of fused-ring (bicyclic) bond motifs is 1. The quantitative estimate of drug-likeness (QED) is 0.442. The van der Waals surface area contributed by atoms with Crippen LogP contribution in [0.25, 0.3) is 21.8 Å². The van der Waals surface area contributed by atoms with Gasteiger partial charge < -0.3 is 14.6 Å². The number of rotatable bonds is 6. The lowest BCUT2D eigenvalue weighted by Crippen LogP contribution is -2.41. The fourth-order valence-electron chi connectivity index (χ4n) is 4.40. The first-order valence-corrected chi connectivity index (χ1v) is 12.8. The summed E-state index contributed by atoms with van der Waals surface area (Å²) in [6, 6.07) is 10.1. The van der Waals surface area contributed by atoms with Crippen molar-refractivity contribution in [1.29, 1.82) is 0 Å². The van der Waals surface area contributed by atoms with Gasteiger partial charge in [-0.05, 0) is 44.7 Å². The number of nitrogens with one attached hydrogen (secondary N) is 1. The number of carbonyl (C=O) groups is 1. The number of thiazole rings is 1. The Morgan fingerprint density at radius 3 is 2.66 bits per heavy atom. The molecule has 1 aromatic carbocycles. The van der Waals surface area contributed by atoms with Crippen LogP contribution in [0, 0.1) is 12.8 Å². The molecule has 0 bridgehead atoms.